The molecule has 0 unspecified atom stereocenters. The number of amides is 1. The van der Waals surface area contributed by atoms with Crippen molar-refractivity contribution in [1.82, 2.24) is 19.8 Å². The van der Waals surface area contributed by atoms with Crippen LogP contribution in [0.2, 0.25) is 4.34 Å². The maximum atomic E-state index is 12.8. The van der Waals surface area contributed by atoms with E-state index in [0.29, 0.717) is 24.2 Å². The highest BCUT2D eigenvalue weighted by Crippen LogP contribution is 2.30. The van der Waals surface area contributed by atoms with E-state index in [-0.39, 0.29) is 11.8 Å². The minimum absolute atomic E-state index is 0.154. The van der Waals surface area contributed by atoms with Gasteiger partial charge in [-0.3, -0.25) is 9.69 Å². The van der Waals surface area contributed by atoms with Gasteiger partial charge in [-0.15, -0.1) is 11.3 Å². The fourth-order valence-electron chi connectivity index (χ4n) is 3.10. The highest BCUT2D eigenvalue weighted by atomic mass is 35.5. The molecule has 2 N–H and O–H groups in total. The number of aromatic nitrogens is 2. The number of rotatable bonds is 5. The number of hydrogen-bond donors (Lipinski definition) is 1. The van der Waals surface area contributed by atoms with E-state index in [4.69, 9.17) is 17.3 Å². The molecule has 6 nitrogen and oxygen atoms in total. The Kier molecular flexibility index (Phi) is 5.56. The number of halogens is 1. The predicted molar refractivity (Wildman–Crippen MR) is 101 cm³/mol. The fraction of sp³-hybridized carbons (Fsp3) is 0.471. The van der Waals surface area contributed by atoms with Gasteiger partial charge in [0.2, 0.25) is 5.91 Å². The van der Waals surface area contributed by atoms with E-state index in [2.05, 4.69) is 14.9 Å². The number of carbonyl (C=O) groups excluding carboxylic acids is 1. The Balaban J connectivity index is 1.58. The van der Waals surface area contributed by atoms with Crippen molar-refractivity contribution in [2.45, 2.75) is 31.8 Å². The van der Waals surface area contributed by atoms with E-state index < -0.39 is 0 Å². The van der Waals surface area contributed by atoms with Crippen molar-refractivity contribution in [2.24, 2.45) is 0 Å². The minimum atomic E-state index is -0.154. The normalized spacial score (nSPS) is 18.7. The molecule has 0 aliphatic carbocycles. The first kappa shape index (κ1) is 18.1. The molecule has 2 atom stereocenters. The van der Waals surface area contributed by atoms with E-state index in [1.54, 1.807) is 12.3 Å². The van der Waals surface area contributed by atoms with Crippen LogP contribution in [0.15, 0.2) is 24.4 Å². The summed E-state index contributed by atoms with van der Waals surface area (Å²) >= 11 is 7.46. The first-order valence-electron chi connectivity index (χ1n) is 8.25. The Hall–Kier alpha value is -1.70. The van der Waals surface area contributed by atoms with E-state index >= 15 is 0 Å². The Morgan fingerprint density at radius 3 is 3.00 bits per heavy atom. The molecule has 134 valence electrons. The molecule has 3 heterocycles. The number of anilines is 1. The first-order chi connectivity index (χ1) is 11.9. The number of likely N-dealkylation sites (N-methyl/N-ethyl adjacent to an activating group) is 1. The summed E-state index contributed by atoms with van der Waals surface area (Å²) in [5.41, 5.74) is 5.71. The van der Waals surface area contributed by atoms with Crippen molar-refractivity contribution < 1.29 is 4.79 Å². The molecule has 0 spiro atoms. The monoisotopic (exact) mass is 379 g/mol. The van der Waals surface area contributed by atoms with E-state index in [1.165, 1.54) is 11.3 Å². The van der Waals surface area contributed by atoms with Crippen LogP contribution >= 0.6 is 22.9 Å². The second kappa shape index (κ2) is 7.68. The van der Waals surface area contributed by atoms with Crippen LogP contribution in [0.3, 0.4) is 0 Å². The van der Waals surface area contributed by atoms with Crippen LogP contribution in [0.25, 0.3) is 0 Å². The lowest BCUT2D eigenvalue weighted by Gasteiger charge is -2.25. The van der Waals surface area contributed by atoms with Gasteiger partial charge in [0, 0.05) is 30.2 Å². The number of nitrogens with two attached hydrogens (primary N) is 1. The lowest BCUT2D eigenvalue weighted by atomic mass is 10.1. The molecule has 0 saturated carbocycles. The second-order valence-corrected chi connectivity index (χ2v) is 8.15. The summed E-state index contributed by atoms with van der Waals surface area (Å²) in [7, 11) is 2.04. The van der Waals surface area contributed by atoms with Gasteiger partial charge in [-0.2, -0.15) is 0 Å². The number of carbonyl (C=O) groups is 1. The van der Waals surface area contributed by atoms with Gasteiger partial charge in [-0.05, 0) is 38.6 Å². The van der Waals surface area contributed by atoms with Gasteiger partial charge in [0.25, 0.3) is 0 Å². The topological polar surface area (TPSA) is 75.4 Å². The van der Waals surface area contributed by atoms with Crippen LogP contribution in [-0.4, -0.2) is 51.9 Å². The van der Waals surface area contributed by atoms with Crippen molar-refractivity contribution in [3.05, 3.63) is 39.4 Å². The molecule has 1 fully saturated rings. The Morgan fingerprint density at radius 2 is 2.32 bits per heavy atom. The average molecular weight is 380 g/mol. The standard InChI is InChI=1S/C17H22ClN5OS/c1-11(13-3-4-14(18)25-13)17(24)23-8-6-12(9-23)22(2)10-16-20-7-5-15(19)21-16/h3-5,7,11-12H,6,8-10H2,1-2H3,(H2,19,20,21)/t11-,12+/m0/s1. The maximum Gasteiger partial charge on any atom is 0.230 e. The smallest absolute Gasteiger partial charge is 0.230 e. The highest BCUT2D eigenvalue weighted by molar-refractivity contribution is 7.16. The quantitative estimate of drug-likeness (QED) is 0.864. The molecule has 3 rings (SSSR count). The van der Waals surface area contributed by atoms with Crippen LogP contribution in [0, 0.1) is 0 Å². The number of nitrogens with zero attached hydrogens (tertiary/aromatic N) is 4. The van der Waals surface area contributed by atoms with E-state index in [0.717, 1.165) is 28.7 Å². The van der Waals surface area contributed by atoms with Crippen LogP contribution < -0.4 is 5.73 Å². The Bertz CT molecular complexity index is 752. The molecule has 8 heteroatoms. The van der Waals surface area contributed by atoms with Crippen LogP contribution in [-0.2, 0) is 11.3 Å². The summed E-state index contributed by atoms with van der Waals surface area (Å²) in [6.07, 6.45) is 2.62. The summed E-state index contributed by atoms with van der Waals surface area (Å²) in [4.78, 5) is 26.4. The largest absolute Gasteiger partial charge is 0.384 e. The molecule has 1 aliphatic heterocycles. The van der Waals surface area contributed by atoms with Gasteiger partial charge in [-0.1, -0.05) is 11.6 Å². The molecule has 2 aromatic rings. The minimum Gasteiger partial charge on any atom is -0.384 e. The number of likely N-dealkylation sites (tertiary alicyclic amines) is 1. The van der Waals surface area contributed by atoms with Gasteiger partial charge in [-0.25, -0.2) is 9.97 Å². The summed E-state index contributed by atoms with van der Waals surface area (Å²) in [5, 5.41) is 0. The summed E-state index contributed by atoms with van der Waals surface area (Å²) < 4.78 is 0.718. The molecule has 1 saturated heterocycles. The van der Waals surface area contributed by atoms with Crippen molar-refractivity contribution in [3.63, 3.8) is 0 Å². The molecule has 1 aliphatic rings. The van der Waals surface area contributed by atoms with Crippen LogP contribution in [0.1, 0.15) is 30.0 Å². The third kappa shape index (κ3) is 4.29. The zero-order valence-corrected chi connectivity index (χ0v) is 15.9. The van der Waals surface area contributed by atoms with Crippen LogP contribution in [0.5, 0.6) is 0 Å². The van der Waals surface area contributed by atoms with Gasteiger partial charge < -0.3 is 10.6 Å². The number of nitrogen functional groups attached to an aromatic ring is 1. The van der Waals surface area contributed by atoms with Crippen molar-refractivity contribution >= 4 is 34.7 Å². The van der Waals surface area contributed by atoms with Gasteiger partial charge >= 0.3 is 0 Å². The third-order valence-electron chi connectivity index (χ3n) is 4.61. The van der Waals surface area contributed by atoms with E-state index in [1.807, 2.05) is 31.0 Å². The second-order valence-electron chi connectivity index (χ2n) is 6.40. The summed E-state index contributed by atoms with van der Waals surface area (Å²) in [5.74, 6) is 1.19. The molecule has 0 bridgehead atoms. The third-order valence-corrected chi connectivity index (χ3v) is 6.02. The lowest BCUT2D eigenvalue weighted by molar-refractivity contribution is -0.131. The molecule has 2 aromatic heterocycles. The maximum absolute atomic E-state index is 12.8. The number of hydrogen-bond acceptors (Lipinski definition) is 6. The average Bonchev–Trinajstić information content (AvgIpc) is 3.22. The molecular formula is C17H22ClN5OS. The molecule has 0 aromatic carbocycles. The Labute approximate surface area is 156 Å². The van der Waals surface area contributed by atoms with Gasteiger partial charge in [0.05, 0.1) is 16.8 Å². The van der Waals surface area contributed by atoms with Gasteiger partial charge in [0.1, 0.15) is 11.6 Å². The first-order valence-corrected chi connectivity index (χ1v) is 9.45. The fourth-order valence-corrected chi connectivity index (χ4v) is 4.21. The van der Waals surface area contributed by atoms with Crippen molar-refractivity contribution in [2.75, 3.05) is 25.9 Å². The summed E-state index contributed by atoms with van der Waals surface area (Å²) in [6, 6.07) is 5.76. The Morgan fingerprint density at radius 1 is 1.52 bits per heavy atom. The van der Waals surface area contributed by atoms with Crippen molar-refractivity contribution in [3.8, 4) is 0 Å². The van der Waals surface area contributed by atoms with Crippen LogP contribution in [0.4, 0.5) is 5.82 Å². The zero-order chi connectivity index (χ0) is 18.0. The predicted octanol–water partition coefficient (Wildman–Crippen LogP) is 2.61. The SMILES string of the molecule is C[C@H](C(=O)N1CC[C@@H](N(C)Cc2nccc(N)n2)C1)c1ccc(Cl)s1. The molecular weight excluding hydrogens is 358 g/mol. The molecule has 1 amide bonds. The summed E-state index contributed by atoms with van der Waals surface area (Å²) in [6.45, 7) is 4.06. The van der Waals surface area contributed by atoms with Crippen molar-refractivity contribution in [1.29, 1.82) is 0 Å². The zero-order valence-electron chi connectivity index (χ0n) is 14.4. The highest BCUT2D eigenvalue weighted by Gasteiger charge is 2.32. The van der Waals surface area contributed by atoms with Gasteiger partial charge in [0.15, 0.2) is 0 Å². The lowest BCUT2D eigenvalue weighted by Crippen LogP contribution is -2.37. The number of thiophene rings is 1. The van der Waals surface area contributed by atoms with E-state index in [9.17, 15) is 4.79 Å². The molecule has 25 heavy (non-hydrogen) atoms. The molecule has 0 radical (unpaired) electrons.